The van der Waals surface area contributed by atoms with E-state index in [1.165, 1.54) is 6.08 Å². The third-order valence-electron chi connectivity index (χ3n) is 3.20. The van der Waals surface area contributed by atoms with E-state index in [9.17, 15) is 4.39 Å². The first-order valence-electron chi connectivity index (χ1n) is 6.07. The highest BCUT2D eigenvalue weighted by Crippen LogP contribution is 2.28. The van der Waals surface area contributed by atoms with Gasteiger partial charge in [0, 0.05) is 5.03 Å². The molecule has 1 heterocycles. The summed E-state index contributed by atoms with van der Waals surface area (Å²) in [4.78, 5) is 0. The molecule has 92 valence electrons. The summed E-state index contributed by atoms with van der Waals surface area (Å²) >= 11 is 5.85. The predicted octanol–water partition coefficient (Wildman–Crippen LogP) is 3.85. The molecule has 3 heteroatoms. The Balaban J connectivity index is 2.05. The molecule has 2 aliphatic rings. The van der Waals surface area contributed by atoms with Crippen LogP contribution in [-0.4, -0.2) is 13.1 Å². The Kier molecular flexibility index (Phi) is 4.57. The maximum Gasteiger partial charge on any atom is 0.127 e. The number of hydrogen-bond acceptors (Lipinski definition) is 1. The molecule has 1 fully saturated rings. The SMILES string of the molecule is FC1=C/C(Cl)=C\C=C\C=C1CC1CCNCC1. The van der Waals surface area contributed by atoms with E-state index in [1.54, 1.807) is 6.08 Å². The number of piperidine rings is 1. The summed E-state index contributed by atoms with van der Waals surface area (Å²) in [6, 6.07) is 0. The van der Waals surface area contributed by atoms with Crippen molar-refractivity contribution in [3.63, 3.8) is 0 Å². The summed E-state index contributed by atoms with van der Waals surface area (Å²) in [5.41, 5.74) is 0.763. The van der Waals surface area contributed by atoms with E-state index >= 15 is 0 Å². The van der Waals surface area contributed by atoms with E-state index in [1.807, 2.05) is 18.2 Å². The lowest BCUT2D eigenvalue weighted by atomic mass is 9.90. The summed E-state index contributed by atoms with van der Waals surface area (Å²) in [7, 11) is 0. The first kappa shape index (κ1) is 12.6. The van der Waals surface area contributed by atoms with Gasteiger partial charge in [0.2, 0.25) is 0 Å². The standard InChI is InChI=1S/C14H17ClFN/c15-13-4-2-1-3-12(14(16)10-13)9-11-5-7-17-8-6-11/h1-4,10-11,17H,5-9H2/b2-1+,3-1?,4-2?,12-3?,13-4+,13-10?,14-10?,14-12?. The van der Waals surface area contributed by atoms with Crippen LogP contribution in [-0.2, 0) is 0 Å². The van der Waals surface area contributed by atoms with E-state index in [2.05, 4.69) is 5.32 Å². The fraction of sp³-hybridized carbons (Fsp3) is 0.429. The van der Waals surface area contributed by atoms with Gasteiger partial charge in [-0.1, -0.05) is 29.8 Å². The zero-order valence-electron chi connectivity index (χ0n) is 9.76. The normalized spacial score (nSPS) is 27.3. The van der Waals surface area contributed by atoms with Crippen LogP contribution in [0, 0.1) is 5.92 Å². The smallest absolute Gasteiger partial charge is 0.127 e. The van der Waals surface area contributed by atoms with Gasteiger partial charge in [-0.25, -0.2) is 4.39 Å². The third-order valence-corrected chi connectivity index (χ3v) is 3.44. The maximum atomic E-state index is 13.9. The zero-order valence-corrected chi connectivity index (χ0v) is 10.5. The van der Waals surface area contributed by atoms with Crippen LogP contribution in [0.2, 0.25) is 0 Å². The lowest BCUT2D eigenvalue weighted by Crippen LogP contribution is -2.27. The maximum absolute atomic E-state index is 13.9. The van der Waals surface area contributed by atoms with Crippen LogP contribution in [0.5, 0.6) is 0 Å². The summed E-state index contributed by atoms with van der Waals surface area (Å²) in [5.74, 6) is 0.381. The molecule has 2 rings (SSSR count). The van der Waals surface area contributed by atoms with Crippen molar-refractivity contribution in [2.45, 2.75) is 19.3 Å². The van der Waals surface area contributed by atoms with Crippen LogP contribution in [0.25, 0.3) is 0 Å². The number of halogens is 2. The van der Waals surface area contributed by atoms with Gasteiger partial charge in [0.15, 0.2) is 0 Å². The number of hydrogen-bond donors (Lipinski definition) is 1. The van der Waals surface area contributed by atoms with Crippen LogP contribution < -0.4 is 5.32 Å². The van der Waals surface area contributed by atoms with Crippen molar-refractivity contribution in [3.8, 4) is 0 Å². The molecule has 17 heavy (non-hydrogen) atoms. The Hall–Kier alpha value is -0.860. The topological polar surface area (TPSA) is 12.0 Å². The number of rotatable bonds is 2. The highest BCUT2D eigenvalue weighted by molar-refractivity contribution is 6.31. The van der Waals surface area contributed by atoms with Crippen molar-refractivity contribution in [2.75, 3.05) is 13.1 Å². The van der Waals surface area contributed by atoms with E-state index in [0.29, 0.717) is 11.0 Å². The molecule has 0 saturated carbocycles. The van der Waals surface area contributed by atoms with E-state index < -0.39 is 0 Å². The van der Waals surface area contributed by atoms with Crippen LogP contribution in [0.15, 0.2) is 46.8 Å². The molecule has 0 aromatic carbocycles. The molecule has 0 aromatic heterocycles. The van der Waals surface area contributed by atoms with Gasteiger partial charge in [-0.05, 0) is 56.0 Å². The molecule has 0 spiro atoms. The van der Waals surface area contributed by atoms with Gasteiger partial charge in [0.1, 0.15) is 5.83 Å². The highest BCUT2D eigenvalue weighted by Gasteiger charge is 2.16. The highest BCUT2D eigenvalue weighted by atomic mass is 35.5. The fourth-order valence-corrected chi connectivity index (χ4v) is 2.39. The van der Waals surface area contributed by atoms with Crippen molar-refractivity contribution in [2.24, 2.45) is 5.92 Å². The van der Waals surface area contributed by atoms with Crippen LogP contribution >= 0.6 is 11.6 Å². The summed E-state index contributed by atoms with van der Waals surface area (Å²) in [5, 5.41) is 3.76. The molecule has 0 amide bonds. The van der Waals surface area contributed by atoms with Crippen molar-refractivity contribution >= 4 is 11.6 Å². The van der Waals surface area contributed by atoms with Gasteiger partial charge in [0.25, 0.3) is 0 Å². The molecular formula is C14H17ClFN. The Morgan fingerprint density at radius 1 is 1.24 bits per heavy atom. The van der Waals surface area contributed by atoms with Gasteiger partial charge >= 0.3 is 0 Å². The molecule has 0 bridgehead atoms. The fourth-order valence-electron chi connectivity index (χ4n) is 2.22. The van der Waals surface area contributed by atoms with Crippen molar-refractivity contribution in [3.05, 3.63) is 46.8 Å². The minimum absolute atomic E-state index is 0.200. The molecule has 1 aliphatic heterocycles. The monoisotopic (exact) mass is 253 g/mol. The first-order valence-corrected chi connectivity index (χ1v) is 6.45. The van der Waals surface area contributed by atoms with Gasteiger partial charge in [-0.2, -0.15) is 0 Å². The van der Waals surface area contributed by atoms with Gasteiger partial charge in [0.05, 0.1) is 0 Å². The quantitative estimate of drug-likeness (QED) is 0.788. The first-order chi connectivity index (χ1) is 8.25. The predicted molar refractivity (Wildman–Crippen MR) is 70.6 cm³/mol. The van der Waals surface area contributed by atoms with Crippen molar-refractivity contribution in [1.29, 1.82) is 0 Å². The second kappa shape index (κ2) is 6.18. The summed E-state index contributed by atoms with van der Waals surface area (Å²) in [6.45, 7) is 2.08. The molecule has 0 radical (unpaired) electrons. The largest absolute Gasteiger partial charge is 0.317 e. The Morgan fingerprint density at radius 3 is 2.71 bits per heavy atom. The minimum atomic E-state index is -0.200. The zero-order chi connectivity index (χ0) is 12.1. The van der Waals surface area contributed by atoms with Gasteiger partial charge in [-0.15, -0.1) is 0 Å². The lowest BCUT2D eigenvalue weighted by Gasteiger charge is -2.23. The average molecular weight is 254 g/mol. The summed E-state index contributed by atoms with van der Waals surface area (Å²) < 4.78 is 13.9. The van der Waals surface area contributed by atoms with Crippen molar-refractivity contribution in [1.82, 2.24) is 5.32 Å². The van der Waals surface area contributed by atoms with Crippen LogP contribution in [0.3, 0.4) is 0 Å². The molecule has 1 saturated heterocycles. The molecular weight excluding hydrogens is 237 g/mol. The molecule has 1 nitrogen and oxygen atoms in total. The van der Waals surface area contributed by atoms with E-state index in [0.717, 1.165) is 37.9 Å². The Morgan fingerprint density at radius 2 is 1.94 bits per heavy atom. The summed E-state index contributed by atoms with van der Waals surface area (Å²) in [6.07, 6.45) is 11.7. The van der Waals surface area contributed by atoms with E-state index in [4.69, 9.17) is 11.6 Å². The van der Waals surface area contributed by atoms with Gasteiger partial charge in [-0.3, -0.25) is 0 Å². The average Bonchev–Trinajstić information content (AvgIpc) is 2.32. The molecule has 0 atom stereocenters. The second-order valence-electron chi connectivity index (χ2n) is 4.52. The van der Waals surface area contributed by atoms with E-state index in [-0.39, 0.29) is 5.83 Å². The van der Waals surface area contributed by atoms with Crippen LogP contribution in [0.1, 0.15) is 19.3 Å². The minimum Gasteiger partial charge on any atom is -0.317 e. The molecule has 0 unspecified atom stereocenters. The Labute approximate surface area is 107 Å². The van der Waals surface area contributed by atoms with Crippen LogP contribution in [0.4, 0.5) is 4.39 Å². The number of allylic oxidation sites excluding steroid dienone is 8. The molecule has 1 aliphatic carbocycles. The molecule has 1 N–H and O–H groups in total. The Bertz CT molecular complexity index is 387. The lowest BCUT2D eigenvalue weighted by molar-refractivity contribution is 0.369. The third kappa shape index (κ3) is 3.83. The van der Waals surface area contributed by atoms with Crippen molar-refractivity contribution < 1.29 is 4.39 Å². The second-order valence-corrected chi connectivity index (χ2v) is 4.95. The van der Waals surface area contributed by atoms with Gasteiger partial charge < -0.3 is 5.32 Å². The molecule has 0 aromatic rings. The number of nitrogens with one attached hydrogen (secondary N) is 1.